The van der Waals surface area contributed by atoms with E-state index in [1.807, 2.05) is 12.1 Å². The van der Waals surface area contributed by atoms with Crippen molar-refractivity contribution in [1.82, 2.24) is 9.88 Å². The Bertz CT molecular complexity index is 874. The van der Waals surface area contributed by atoms with Crippen molar-refractivity contribution in [3.8, 4) is 0 Å². The van der Waals surface area contributed by atoms with Crippen LogP contribution in [0.15, 0.2) is 47.6 Å². The van der Waals surface area contributed by atoms with Crippen LogP contribution in [0.1, 0.15) is 32.7 Å². The lowest BCUT2D eigenvalue weighted by Gasteiger charge is -2.26. The second kappa shape index (κ2) is 9.39. The number of methoxy groups -OCH3 is 1. The van der Waals surface area contributed by atoms with Crippen LogP contribution in [0.4, 0.5) is 0 Å². The molecule has 2 heterocycles. The first-order valence-corrected chi connectivity index (χ1v) is 10.3. The lowest BCUT2D eigenvalue weighted by Crippen LogP contribution is -2.37. The van der Waals surface area contributed by atoms with Crippen LogP contribution in [0.2, 0.25) is 0 Å². The van der Waals surface area contributed by atoms with Gasteiger partial charge in [0.1, 0.15) is 5.03 Å². The average molecular weight is 416 g/mol. The number of amides is 2. The molecule has 7 nitrogen and oxygen atoms in total. The fraction of sp³-hybridized carbons (Fsp3) is 0.381. The molecule has 3 rings (SSSR count). The van der Waals surface area contributed by atoms with E-state index >= 15 is 0 Å². The molecule has 1 aliphatic heterocycles. The monoisotopic (exact) mass is 415 g/mol. The Morgan fingerprint density at radius 3 is 2.72 bits per heavy atom. The van der Waals surface area contributed by atoms with Gasteiger partial charge in [0, 0.05) is 43.1 Å². The highest BCUT2D eigenvalue weighted by Gasteiger charge is 2.40. The number of carbonyl (C=O) groups is 2. The molecule has 8 heteroatoms. The molecule has 0 radical (unpaired) electrons. The van der Waals surface area contributed by atoms with Gasteiger partial charge in [0.25, 0.3) is 5.91 Å². The summed E-state index contributed by atoms with van der Waals surface area (Å²) in [4.78, 5) is 30.4. The summed E-state index contributed by atoms with van der Waals surface area (Å²) in [6.45, 7) is 1.45. The van der Waals surface area contributed by atoms with Gasteiger partial charge >= 0.3 is 0 Å². The van der Waals surface area contributed by atoms with E-state index in [9.17, 15) is 14.7 Å². The number of primary amides is 1. The molecule has 1 aliphatic rings. The molecule has 1 unspecified atom stereocenters. The molecule has 1 atom stereocenters. The van der Waals surface area contributed by atoms with Gasteiger partial charge in [-0.05, 0) is 36.2 Å². The number of nitrogens with two attached hydrogens (primary N) is 1. The van der Waals surface area contributed by atoms with E-state index in [1.165, 1.54) is 11.8 Å². The molecule has 1 aromatic heterocycles. The van der Waals surface area contributed by atoms with Crippen LogP contribution in [0.3, 0.4) is 0 Å². The number of aliphatic hydroxyl groups excluding tert-OH is 1. The Hall–Kier alpha value is -2.42. The van der Waals surface area contributed by atoms with Crippen LogP contribution in [-0.4, -0.2) is 60.2 Å². The third-order valence-corrected chi connectivity index (χ3v) is 6.20. The molecule has 1 fully saturated rings. The summed E-state index contributed by atoms with van der Waals surface area (Å²) in [5.74, 6) is 0.0663. The summed E-state index contributed by atoms with van der Waals surface area (Å²) in [5.41, 5.74) is 6.89. The van der Waals surface area contributed by atoms with E-state index in [0.29, 0.717) is 48.0 Å². The smallest absolute Gasteiger partial charge is 0.256 e. The van der Waals surface area contributed by atoms with E-state index in [2.05, 4.69) is 4.98 Å². The van der Waals surface area contributed by atoms with Crippen LogP contribution in [0, 0.1) is 5.41 Å². The van der Waals surface area contributed by atoms with Gasteiger partial charge in [0.05, 0.1) is 18.8 Å². The number of aliphatic hydroxyl groups is 1. The summed E-state index contributed by atoms with van der Waals surface area (Å²) in [7, 11) is 1.60. The first-order chi connectivity index (χ1) is 14.0. The summed E-state index contributed by atoms with van der Waals surface area (Å²) < 4.78 is 5.24. The van der Waals surface area contributed by atoms with E-state index in [4.69, 9.17) is 10.5 Å². The average Bonchev–Trinajstić information content (AvgIpc) is 3.17. The second-order valence-electron chi connectivity index (χ2n) is 7.27. The van der Waals surface area contributed by atoms with Crippen molar-refractivity contribution in [2.24, 2.45) is 11.1 Å². The minimum absolute atomic E-state index is 0.0133. The predicted molar refractivity (Wildman–Crippen MR) is 111 cm³/mol. The third-order valence-electron chi connectivity index (χ3n) is 5.13. The fourth-order valence-corrected chi connectivity index (χ4v) is 4.41. The number of likely N-dealkylation sites (tertiary alicyclic amines) is 1. The summed E-state index contributed by atoms with van der Waals surface area (Å²) in [6, 6.07) is 10.6. The molecule has 1 saturated heterocycles. The Labute approximate surface area is 174 Å². The largest absolute Gasteiger partial charge is 0.396 e. The molecular formula is C21H25N3O4S. The minimum Gasteiger partial charge on any atom is -0.396 e. The van der Waals surface area contributed by atoms with Crippen molar-refractivity contribution >= 4 is 23.6 Å². The second-order valence-corrected chi connectivity index (χ2v) is 8.24. The van der Waals surface area contributed by atoms with Crippen molar-refractivity contribution in [3.05, 3.63) is 59.3 Å². The van der Waals surface area contributed by atoms with E-state index < -0.39 is 11.3 Å². The number of ether oxygens (including phenoxy) is 1. The van der Waals surface area contributed by atoms with Crippen molar-refractivity contribution in [1.29, 1.82) is 0 Å². The van der Waals surface area contributed by atoms with Crippen LogP contribution in [0.25, 0.3) is 0 Å². The number of pyridine rings is 1. The van der Waals surface area contributed by atoms with Gasteiger partial charge in [-0.2, -0.15) is 0 Å². The Morgan fingerprint density at radius 1 is 1.31 bits per heavy atom. The van der Waals surface area contributed by atoms with Crippen molar-refractivity contribution < 1.29 is 19.4 Å². The third kappa shape index (κ3) is 4.95. The van der Waals surface area contributed by atoms with E-state index in [-0.39, 0.29) is 12.5 Å². The lowest BCUT2D eigenvalue weighted by molar-refractivity contribution is 0.0342. The molecule has 3 N–H and O–H groups in total. The van der Waals surface area contributed by atoms with Crippen molar-refractivity contribution in [2.75, 3.05) is 33.4 Å². The normalized spacial score (nSPS) is 18.8. The van der Waals surface area contributed by atoms with Gasteiger partial charge in [-0.3, -0.25) is 9.59 Å². The van der Waals surface area contributed by atoms with Gasteiger partial charge in [0.15, 0.2) is 0 Å². The summed E-state index contributed by atoms with van der Waals surface area (Å²) >= 11 is 1.47. The molecule has 0 aliphatic carbocycles. The summed E-state index contributed by atoms with van der Waals surface area (Å²) in [6.07, 6.45) is 2.38. The molecule has 1 aromatic carbocycles. The standard InChI is InChI=1S/C21H25N3O4S/c1-28-14-21(13-25)8-10-24(12-21)20(27)17-3-2-9-23-19(17)29-11-15-4-6-16(7-5-15)18(22)26/h2-7,9,25H,8,10-14H2,1H3,(H2,22,26). The highest BCUT2D eigenvalue weighted by atomic mass is 32.2. The number of hydrogen-bond donors (Lipinski definition) is 2. The number of aromatic nitrogens is 1. The fourth-order valence-electron chi connectivity index (χ4n) is 3.46. The van der Waals surface area contributed by atoms with Gasteiger partial charge in [-0.25, -0.2) is 4.98 Å². The molecule has 0 spiro atoms. The van der Waals surface area contributed by atoms with Crippen molar-refractivity contribution in [2.45, 2.75) is 17.2 Å². The van der Waals surface area contributed by atoms with Crippen LogP contribution < -0.4 is 5.73 Å². The number of hydrogen-bond acceptors (Lipinski definition) is 6. The number of nitrogens with zero attached hydrogens (tertiary/aromatic N) is 2. The number of carbonyl (C=O) groups excluding carboxylic acids is 2. The zero-order valence-corrected chi connectivity index (χ0v) is 17.2. The Kier molecular flexibility index (Phi) is 6.89. The maximum Gasteiger partial charge on any atom is 0.256 e. The lowest BCUT2D eigenvalue weighted by atomic mass is 9.89. The van der Waals surface area contributed by atoms with E-state index in [1.54, 1.807) is 42.5 Å². The Morgan fingerprint density at radius 2 is 2.07 bits per heavy atom. The number of rotatable bonds is 8. The Balaban J connectivity index is 1.70. The minimum atomic E-state index is -0.458. The molecule has 2 aromatic rings. The van der Waals surface area contributed by atoms with Crippen molar-refractivity contribution in [3.63, 3.8) is 0 Å². The molecule has 154 valence electrons. The van der Waals surface area contributed by atoms with Gasteiger partial charge in [0.2, 0.25) is 5.91 Å². The first kappa shape index (κ1) is 21.3. The molecule has 2 amide bonds. The first-order valence-electron chi connectivity index (χ1n) is 9.34. The molecule has 0 bridgehead atoms. The highest BCUT2D eigenvalue weighted by molar-refractivity contribution is 7.98. The SMILES string of the molecule is COCC1(CO)CCN(C(=O)c2cccnc2SCc2ccc(C(N)=O)cc2)C1. The maximum atomic E-state index is 13.1. The molecule has 0 saturated carbocycles. The highest BCUT2D eigenvalue weighted by Crippen LogP contribution is 2.33. The van der Waals surface area contributed by atoms with E-state index in [0.717, 1.165) is 5.56 Å². The molecular weight excluding hydrogens is 390 g/mol. The molecule has 29 heavy (non-hydrogen) atoms. The quantitative estimate of drug-likeness (QED) is 0.639. The van der Waals surface area contributed by atoms with Crippen LogP contribution in [-0.2, 0) is 10.5 Å². The zero-order chi connectivity index (χ0) is 20.9. The van der Waals surface area contributed by atoms with Gasteiger partial charge < -0.3 is 20.5 Å². The number of benzene rings is 1. The van der Waals surface area contributed by atoms with Gasteiger partial charge in [-0.1, -0.05) is 12.1 Å². The number of thioether (sulfide) groups is 1. The van der Waals surface area contributed by atoms with Crippen LogP contribution >= 0.6 is 11.8 Å². The zero-order valence-electron chi connectivity index (χ0n) is 16.3. The topological polar surface area (TPSA) is 106 Å². The predicted octanol–water partition coefficient (Wildman–Crippen LogP) is 1.94. The maximum absolute atomic E-state index is 13.1. The van der Waals surface area contributed by atoms with Gasteiger partial charge in [-0.15, -0.1) is 11.8 Å². The summed E-state index contributed by atoms with van der Waals surface area (Å²) in [5, 5.41) is 10.4. The van der Waals surface area contributed by atoms with Crippen LogP contribution in [0.5, 0.6) is 0 Å².